The molecule has 0 N–H and O–H groups in total. The van der Waals surface area contributed by atoms with Gasteiger partial charge in [-0.05, 0) is 24.3 Å². The summed E-state index contributed by atoms with van der Waals surface area (Å²) < 4.78 is 18.3. The van der Waals surface area contributed by atoms with E-state index in [4.69, 9.17) is 4.52 Å². The first-order chi connectivity index (χ1) is 11.3. The number of rotatable bonds is 2. The van der Waals surface area contributed by atoms with Gasteiger partial charge in [0.1, 0.15) is 11.6 Å². The molecular weight excluding hydrogens is 309 g/mol. The fourth-order valence-corrected chi connectivity index (χ4v) is 2.71. The number of hydrogen-bond donors (Lipinski definition) is 0. The molecule has 5 nitrogen and oxygen atoms in total. The second-order valence-corrected chi connectivity index (χ2v) is 7.08. The van der Waals surface area contributed by atoms with Crippen LogP contribution in [0.15, 0.2) is 34.9 Å². The first kappa shape index (κ1) is 16.5. The van der Waals surface area contributed by atoms with Gasteiger partial charge in [0.15, 0.2) is 5.69 Å². The van der Waals surface area contributed by atoms with Crippen LogP contribution >= 0.6 is 0 Å². The standard InChI is InChI=1S/C18H22FN3O2/c1-18(2,3)16-12-15(20-24-16)17(23)22-10-8-21(9-11-22)14-6-4-13(19)5-7-14/h4-7,12H,8-11H2,1-3H3. The average Bonchev–Trinajstić information content (AvgIpc) is 3.05. The molecule has 2 aromatic rings. The Morgan fingerprint density at radius 1 is 1.12 bits per heavy atom. The van der Waals surface area contributed by atoms with Crippen molar-refractivity contribution in [1.82, 2.24) is 10.1 Å². The number of aromatic nitrogens is 1. The monoisotopic (exact) mass is 331 g/mol. The number of piperazine rings is 1. The number of nitrogens with zero attached hydrogens (tertiary/aromatic N) is 3. The smallest absolute Gasteiger partial charge is 0.276 e. The van der Waals surface area contributed by atoms with E-state index in [2.05, 4.69) is 10.1 Å². The summed E-state index contributed by atoms with van der Waals surface area (Å²) in [5.74, 6) is 0.358. The molecule has 24 heavy (non-hydrogen) atoms. The molecule has 2 heterocycles. The van der Waals surface area contributed by atoms with Crippen molar-refractivity contribution in [2.45, 2.75) is 26.2 Å². The lowest BCUT2D eigenvalue weighted by Gasteiger charge is -2.35. The van der Waals surface area contributed by atoms with Gasteiger partial charge in [0.2, 0.25) is 0 Å². The summed E-state index contributed by atoms with van der Waals surface area (Å²) in [5.41, 5.74) is 1.16. The average molecular weight is 331 g/mol. The molecule has 128 valence electrons. The fraction of sp³-hybridized carbons (Fsp3) is 0.444. The van der Waals surface area contributed by atoms with E-state index in [9.17, 15) is 9.18 Å². The number of amides is 1. The zero-order chi connectivity index (χ0) is 17.3. The Morgan fingerprint density at radius 2 is 1.75 bits per heavy atom. The van der Waals surface area contributed by atoms with E-state index in [0.29, 0.717) is 37.6 Å². The summed E-state index contributed by atoms with van der Waals surface area (Å²) >= 11 is 0. The van der Waals surface area contributed by atoms with Crippen LogP contribution in [0.1, 0.15) is 37.0 Å². The van der Waals surface area contributed by atoms with Crippen molar-refractivity contribution in [3.05, 3.63) is 47.6 Å². The first-order valence-corrected chi connectivity index (χ1v) is 8.11. The topological polar surface area (TPSA) is 49.6 Å². The van der Waals surface area contributed by atoms with Crippen LogP contribution in [0.3, 0.4) is 0 Å². The zero-order valence-electron chi connectivity index (χ0n) is 14.3. The minimum atomic E-state index is -0.242. The Kier molecular flexibility index (Phi) is 4.30. The van der Waals surface area contributed by atoms with Crippen LogP contribution in [0.5, 0.6) is 0 Å². The van der Waals surface area contributed by atoms with Crippen LogP contribution in [0.25, 0.3) is 0 Å². The Hall–Kier alpha value is -2.37. The molecule has 0 aliphatic carbocycles. The van der Waals surface area contributed by atoms with Crippen LogP contribution < -0.4 is 4.90 Å². The molecule has 1 saturated heterocycles. The molecule has 0 unspecified atom stereocenters. The van der Waals surface area contributed by atoms with E-state index in [1.54, 1.807) is 23.1 Å². The molecular formula is C18H22FN3O2. The van der Waals surface area contributed by atoms with Crippen molar-refractivity contribution >= 4 is 11.6 Å². The minimum Gasteiger partial charge on any atom is -0.368 e. The maximum absolute atomic E-state index is 13.0. The highest BCUT2D eigenvalue weighted by Crippen LogP contribution is 2.23. The summed E-state index contributed by atoms with van der Waals surface area (Å²) in [6, 6.07) is 8.17. The summed E-state index contributed by atoms with van der Waals surface area (Å²) in [7, 11) is 0. The molecule has 1 aliphatic heterocycles. The van der Waals surface area contributed by atoms with Gasteiger partial charge in [-0.1, -0.05) is 25.9 Å². The van der Waals surface area contributed by atoms with E-state index >= 15 is 0 Å². The predicted octanol–water partition coefficient (Wildman–Crippen LogP) is 3.07. The van der Waals surface area contributed by atoms with Gasteiger partial charge in [-0.15, -0.1) is 0 Å². The van der Waals surface area contributed by atoms with Crippen LogP contribution in [-0.4, -0.2) is 42.1 Å². The Labute approximate surface area is 141 Å². The number of anilines is 1. The van der Waals surface area contributed by atoms with Crippen molar-refractivity contribution in [3.8, 4) is 0 Å². The predicted molar refractivity (Wildman–Crippen MR) is 89.7 cm³/mol. The maximum Gasteiger partial charge on any atom is 0.276 e. The van der Waals surface area contributed by atoms with Crippen molar-refractivity contribution in [2.75, 3.05) is 31.1 Å². The molecule has 1 aromatic heterocycles. The van der Waals surface area contributed by atoms with Crippen molar-refractivity contribution in [1.29, 1.82) is 0 Å². The largest absolute Gasteiger partial charge is 0.368 e. The molecule has 0 radical (unpaired) electrons. The van der Waals surface area contributed by atoms with Crippen LogP contribution in [0.4, 0.5) is 10.1 Å². The normalized spacial score (nSPS) is 15.7. The highest BCUT2D eigenvalue weighted by molar-refractivity contribution is 5.92. The summed E-state index contributed by atoms with van der Waals surface area (Å²) in [4.78, 5) is 16.5. The van der Waals surface area contributed by atoms with Crippen molar-refractivity contribution in [3.63, 3.8) is 0 Å². The van der Waals surface area contributed by atoms with Crippen molar-refractivity contribution < 1.29 is 13.7 Å². The molecule has 1 aromatic carbocycles. The van der Waals surface area contributed by atoms with E-state index in [1.807, 2.05) is 20.8 Å². The Morgan fingerprint density at radius 3 is 2.29 bits per heavy atom. The molecule has 0 bridgehead atoms. The van der Waals surface area contributed by atoms with Crippen LogP contribution in [0, 0.1) is 5.82 Å². The van der Waals surface area contributed by atoms with E-state index in [-0.39, 0.29) is 17.1 Å². The molecule has 0 atom stereocenters. The SMILES string of the molecule is CC(C)(C)c1cc(C(=O)N2CCN(c3ccc(F)cc3)CC2)no1. The molecule has 0 spiro atoms. The number of benzene rings is 1. The van der Waals surface area contributed by atoms with Gasteiger partial charge in [-0.3, -0.25) is 4.79 Å². The quantitative estimate of drug-likeness (QED) is 0.848. The fourth-order valence-electron chi connectivity index (χ4n) is 2.71. The summed E-state index contributed by atoms with van der Waals surface area (Å²) in [6.07, 6.45) is 0. The molecule has 1 fully saturated rings. The first-order valence-electron chi connectivity index (χ1n) is 8.11. The van der Waals surface area contributed by atoms with E-state index < -0.39 is 0 Å². The van der Waals surface area contributed by atoms with Gasteiger partial charge in [0.05, 0.1) is 0 Å². The highest BCUT2D eigenvalue weighted by atomic mass is 19.1. The number of carbonyl (C=O) groups excluding carboxylic acids is 1. The van der Waals surface area contributed by atoms with Gasteiger partial charge >= 0.3 is 0 Å². The number of halogens is 1. The Bertz CT molecular complexity index is 711. The third-order valence-corrected chi connectivity index (χ3v) is 4.23. The minimum absolute atomic E-state index is 0.104. The van der Waals surface area contributed by atoms with Crippen LogP contribution in [-0.2, 0) is 5.41 Å². The number of carbonyl (C=O) groups is 1. The van der Waals surface area contributed by atoms with Gasteiger partial charge in [0.25, 0.3) is 5.91 Å². The molecule has 0 saturated carbocycles. The van der Waals surface area contributed by atoms with Crippen molar-refractivity contribution in [2.24, 2.45) is 0 Å². The second-order valence-electron chi connectivity index (χ2n) is 7.08. The third kappa shape index (κ3) is 3.42. The molecule has 1 amide bonds. The summed E-state index contributed by atoms with van der Waals surface area (Å²) in [5, 5.41) is 3.92. The van der Waals surface area contributed by atoms with Gasteiger partial charge < -0.3 is 14.3 Å². The number of hydrogen-bond acceptors (Lipinski definition) is 4. The maximum atomic E-state index is 13.0. The lowest BCUT2D eigenvalue weighted by molar-refractivity contribution is 0.0736. The molecule has 6 heteroatoms. The summed E-state index contributed by atoms with van der Waals surface area (Å²) in [6.45, 7) is 8.68. The lowest BCUT2D eigenvalue weighted by Crippen LogP contribution is -2.48. The molecule has 1 aliphatic rings. The highest BCUT2D eigenvalue weighted by Gasteiger charge is 2.27. The van der Waals surface area contributed by atoms with Gasteiger partial charge in [-0.25, -0.2) is 4.39 Å². The van der Waals surface area contributed by atoms with Crippen LogP contribution in [0.2, 0.25) is 0 Å². The zero-order valence-corrected chi connectivity index (χ0v) is 14.3. The lowest BCUT2D eigenvalue weighted by atomic mass is 9.93. The Balaban J connectivity index is 1.63. The van der Waals surface area contributed by atoms with E-state index in [0.717, 1.165) is 5.69 Å². The van der Waals surface area contributed by atoms with Gasteiger partial charge in [0, 0.05) is 43.3 Å². The van der Waals surface area contributed by atoms with E-state index in [1.165, 1.54) is 12.1 Å². The molecule has 3 rings (SSSR count). The van der Waals surface area contributed by atoms with Gasteiger partial charge in [-0.2, -0.15) is 0 Å². The second kappa shape index (κ2) is 6.26. The third-order valence-electron chi connectivity index (χ3n) is 4.23.